The summed E-state index contributed by atoms with van der Waals surface area (Å²) in [5.74, 6) is -3.84. The second-order valence-corrected chi connectivity index (χ2v) is 7.34. The lowest BCUT2D eigenvalue weighted by Gasteiger charge is -2.20. The van der Waals surface area contributed by atoms with E-state index in [1.165, 1.54) is 6.92 Å². The van der Waals surface area contributed by atoms with E-state index < -0.39 is 53.8 Å². The van der Waals surface area contributed by atoms with Crippen LogP contribution in [0.2, 0.25) is 0 Å². The topological polar surface area (TPSA) is 83.6 Å². The summed E-state index contributed by atoms with van der Waals surface area (Å²) < 4.78 is 66.8. The van der Waals surface area contributed by atoms with Crippen LogP contribution in [0.15, 0.2) is 45.7 Å². The summed E-state index contributed by atoms with van der Waals surface area (Å²) in [5.41, 5.74) is 3.49. The van der Waals surface area contributed by atoms with Gasteiger partial charge in [0, 0.05) is 17.3 Å². The minimum absolute atomic E-state index is 0.0157. The number of amides is 1. The van der Waals surface area contributed by atoms with Gasteiger partial charge in [-0.2, -0.15) is 0 Å². The number of ether oxygens (including phenoxy) is 2. The van der Waals surface area contributed by atoms with E-state index in [2.05, 4.69) is 15.9 Å². The molecule has 0 bridgehead atoms. The van der Waals surface area contributed by atoms with Crippen molar-refractivity contribution < 1.29 is 31.8 Å². The van der Waals surface area contributed by atoms with Crippen LogP contribution in [0.4, 0.5) is 22.4 Å². The van der Waals surface area contributed by atoms with E-state index >= 15 is 0 Å². The first kappa shape index (κ1) is 23.3. The number of primary amides is 1. The monoisotopic (exact) mass is 514 g/mol. The number of benzene rings is 2. The Morgan fingerprint density at radius 1 is 1.06 bits per heavy atom. The molecule has 0 saturated heterocycles. The van der Waals surface area contributed by atoms with E-state index in [1.54, 1.807) is 0 Å². The molecule has 1 heterocycles. The highest BCUT2D eigenvalue weighted by Crippen LogP contribution is 2.32. The third kappa shape index (κ3) is 4.62. The van der Waals surface area contributed by atoms with E-state index in [9.17, 15) is 27.2 Å². The molecule has 0 aliphatic heterocycles. The number of nitrogens with two attached hydrogens (primary N) is 1. The Morgan fingerprint density at radius 2 is 1.72 bits per heavy atom. The van der Waals surface area contributed by atoms with Crippen molar-refractivity contribution in [3.8, 4) is 11.4 Å². The molecule has 6 nitrogen and oxygen atoms in total. The van der Waals surface area contributed by atoms with Crippen LogP contribution in [0.5, 0.6) is 5.75 Å². The molecule has 11 heteroatoms. The lowest BCUT2D eigenvalue weighted by atomic mass is 10.1. The normalized spacial score (nSPS) is 10.8. The molecule has 0 unspecified atom stereocenters. The number of nitrogens with zero attached hydrogens (tertiary/aromatic N) is 1. The molecule has 168 valence electrons. The molecule has 0 fully saturated rings. The Bertz CT molecular complexity index is 1240. The van der Waals surface area contributed by atoms with Gasteiger partial charge in [-0.25, -0.2) is 22.4 Å². The zero-order valence-corrected chi connectivity index (χ0v) is 18.0. The second kappa shape index (κ2) is 9.43. The van der Waals surface area contributed by atoms with Crippen molar-refractivity contribution in [2.24, 2.45) is 5.73 Å². The fraction of sp³-hybridized carbons (Fsp3) is 0.143. The van der Waals surface area contributed by atoms with E-state index in [-0.39, 0.29) is 27.0 Å². The lowest BCUT2D eigenvalue weighted by molar-refractivity contribution is 0.147. The van der Waals surface area contributed by atoms with E-state index in [4.69, 9.17) is 15.2 Å². The molecule has 3 aromatic rings. The Balaban J connectivity index is 2.16. The molecular formula is C21H15BrF4N2O4. The van der Waals surface area contributed by atoms with Crippen molar-refractivity contribution in [2.75, 3.05) is 0 Å². The van der Waals surface area contributed by atoms with Gasteiger partial charge in [0.15, 0.2) is 0 Å². The molecule has 1 amide bonds. The first-order valence-corrected chi connectivity index (χ1v) is 9.78. The average Bonchev–Trinajstić information content (AvgIpc) is 2.72. The quantitative estimate of drug-likeness (QED) is 0.485. The number of aromatic nitrogens is 1. The van der Waals surface area contributed by atoms with Gasteiger partial charge in [-0.15, -0.1) is 0 Å². The predicted octanol–water partition coefficient (Wildman–Crippen LogP) is 4.64. The van der Waals surface area contributed by atoms with Gasteiger partial charge >= 0.3 is 6.09 Å². The number of hydrogen-bond acceptors (Lipinski definition) is 4. The van der Waals surface area contributed by atoms with Gasteiger partial charge in [0.2, 0.25) is 0 Å². The van der Waals surface area contributed by atoms with Gasteiger partial charge in [0.1, 0.15) is 52.4 Å². The zero-order valence-electron chi connectivity index (χ0n) is 16.4. The van der Waals surface area contributed by atoms with Gasteiger partial charge in [-0.3, -0.25) is 9.36 Å². The minimum atomic E-state index is -1.15. The Kier molecular flexibility index (Phi) is 6.87. The number of carbonyl (C=O) groups excluding carboxylic acids is 1. The second-order valence-electron chi connectivity index (χ2n) is 6.55. The van der Waals surface area contributed by atoms with E-state index in [0.29, 0.717) is 6.07 Å². The minimum Gasteiger partial charge on any atom is -0.487 e. The van der Waals surface area contributed by atoms with Crippen LogP contribution in [0.3, 0.4) is 0 Å². The summed E-state index contributed by atoms with van der Waals surface area (Å²) in [7, 11) is 0. The smallest absolute Gasteiger partial charge is 0.404 e. The predicted molar refractivity (Wildman–Crippen MR) is 109 cm³/mol. The van der Waals surface area contributed by atoms with Crippen molar-refractivity contribution in [3.63, 3.8) is 0 Å². The van der Waals surface area contributed by atoms with Crippen LogP contribution >= 0.6 is 15.9 Å². The molecule has 0 aliphatic rings. The third-order valence-corrected chi connectivity index (χ3v) is 5.24. The molecule has 0 atom stereocenters. The lowest BCUT2D eigenvalue weighted by Crippen LogP contribution is -2.27. The molecule has 0 saturated carbocycles. The highest BCUT2D eigenvalue weighted by Gasteiger charge is 2.24. The SMILES string of the molecule is Cc1c(COC(N)=O)c(OCc2ccc(F)cc2F)c(Br)c(=O)n1-c1c(F)cccc1F. The van der Waals surface area contributed by atoms with Gasteiger partial charge in [0.25, 0.3) is 5.56 Å². The first-order chi connectivity index (χ1) is 15.1. The summed E-state index contributed by atoms with van der Waals surface area (Å²) in [5, 5.41) is 0. The summed E-state index contributed by atoms with van der Waals surface area (Å²) in [6, 6.07) is 5.92. The highest BCUT2D eigenvalue weighted by atomic mass is 79.9. The molecule has 0 aliphatic carbocycles. The number of hydrogen-bond donors (Lipinski definition) is 1. The van der Waals surface area contributed by atoms with Gasteiger partial charge in [0.05, 0.1) is 5.56 Å². The van der Waals surface area contributed by atoms with Crippen molar-refractivity contribution in [3.05, 3.63) is 91.3 Å². The zero-order chi connectivity index (χ0) is 23.6. The molecule has 3 rings (SSSR count). The van der Waals surface area contributed by atoms with Crippen molar-refractivity contribution in [2.45, 2.75) is 20.1 Å². The van der Waals surface area contributed by atoms with Crippen LogP contribution < -0.4 is 16.0 Å². The number of rotatable bonds is 6. The first-order valence-electron chi connectivity index (χ1n) is 8.99. The summed E-state index contributed by atoms with van der Waals surface area (Å²) in [4.78, 5) is 24.1. The van der Waals surface area contributed by atoms with Crippen LogP contribution in [0.25, 0.3) is 5.69 Å². The van der Waals surface area contributed by atoms with Crippen molar-refractivity contribution >= 4 is 22.0 Å². The number of carbonyl (C=O) groups is 1. The van der Waals surface area contributed by atoms with Gasteiger partial charge in [-0.05, 0) is 47.1 Å². The fourth-order valence-electron chi connectivity index (χ4n) is 3.00. The van der Waals surface area contributed by atoms with Crippen molar-refractivity contribution in [1.29, 1.82) is 0 Å². The van der Waals surface area contributed by atoms with Crippen LogP contribution in [-0.4, -0.2) is 10.7 Å². The Morgan fingerprint density at radius 3 is 2.31 bits per heavy atom. The van der Waals surface area contributed by atoms with E-state index in [1.807, 2.05) is 0 Å². The number of pyridine rings is 1. The summed E-state index contributed by atoms with van der Waals surface area (Å²) >= 11 is 3.04. The molecule has 0 radical (unpaired) electrons. The molecule has 2 aromatic carbocycles. The molecule has 2 N–H and O–H groups in total. The van der Waals surface area contributed by atoms with Crippen molar-refractivity contribution in [1.82, 2.24) is 4.57 Å². The average molecular weight is 515 g/mol. The highest BCUT2D eigenvalue weighted by molar-refractivity contribution is 9.10. The number of halogens is 5. The molecular weight excluding hydrogens is 500 g/mol. The fourth-order valence-corrected chi connectivity index (χ4v) is 3.53. The maximum Gasteiger partial charge on any atom is 0.404 e. The Labute approximate surface area is 187 Å². The maximum absolute atomic E-state index is 14.4. The third-order valence-electron chi connectivity index (χ3n) is 4.54. The van der Waals surface area contributed by atoms with E-state index in [0.717, 1.165) is 34.9 Å². The van der Waals surface area contributed by atoms with Gasteiger partial charge < -0.3 is 15.2 Å². The Hall–Kier alpha value is -3.34. The standard InChI is InChI=1S/C21H15BrF4N2O4/c1-10-13(9-32-21(27)30)19(31-8-11-5-6-12(23)7-16(11)26)17(22)20(29)28(10)18-14(24)3-2-4-15(18)25/h2-7H,8-9H2,1H3,(H2,27,30). The number of para-hydroxylation sites is 1. The van der Waals surface area contributed by atoms with Crippen LogP contribution in [0.1, 0.15) is 16.8 Å². The van der Waals surface area contributed by atoms with Crippen LogP contribution in [0, 0.1) is 30.2 Å². The van der Waals surface area contributed by atoms with Gasteiger partial charge in [-0.1, -0.05) is 6.07 Å². The summed E-state index contributed by atoms with van der Waals surface area (Å²) in [6.45, 7) is 0.410. The summed E-state index contributed by atoms with van der Waals surface area (Å²) in [6.07, 6.45) is -1.15. The molecule has 32 heavy (non-hydrogen) atoms. The molecule has 1 aromatic heterocycles. The largest absolute Gasteiger partial charge is 0.487 e. The molecule has 0 spiro atoms. The maximum atomic E-state index is 14.4. The van der Waals surface area contributed by atoms with Crippen LogP contribution in [-0.2, 0) is 18.0 Å².